The van der Waals surface area contributed by atoms with Gasteiger partial charge in [0.15, 0.2) is 0 Å². The van der Waals surface area contributed by atoms with Gasteiger partial charge >= 0.3 is 0 Å². The summed E-state index contributed by atoms with van der Waals surface area (Å²) < 4.78 is 2.12. The molecule has 19 heavy (non-hydrogen) atoms. The van der Waals surface area contributed by atoms with Gasteiger partial charge in [0.25, 0.3) is 0 Å². The normalized spacial score (nSPS) is 15.7. The van der Waals surface area contributed by atoms with E-state index in [1.165, 1.54) is 25.2 Å². The number of nitrogens with zero attached hydrogens (tertiary/aromatic N) is 3. The van der Waals surface area contributed by atoms with E-state index in [1.807, 2.05) is 0 Å². The van der Waals surface area contributed by atoms with Gasteiger partial charge in [-0.1, -0.05) is 0 Å². The predicted molar refractivity (Wildman–Crippen MR) is 87.4 cm³/mol. The van der Waals surface area contributed by atoms with E-state index in [9.17, 15) is 0 Å². The molecule has 114 valence electrons. The van der Waals surface area contributed by atoms with E-state index in [1.54, 1.807) is 0 Å². The highest BCUT2D eigenvalue weighted by atomic mass is 35.5. The summed E-state index contributed by atoms with van der Waals surface area (Å²) >= 11 is 0. The van der Waals surface area contributed by atoms with E-state index in [0.717, 1.165) is 31.9 Å². The van der Waals surface area contributed by atoms with E-state index in [2.05, 4.69) is 39.9 Å². The molecule has 4 nitrogen and oxygen atoms in total. The molecule has 1 fully saturated rings. The minimum absolute atomic E-state index is 0. The van der Waals surface area contributed by atoms with Crippen LogP contribution in [0.25, 0.3) is 0 Å². The second-order valence-electron chi connectivity index (χ2n) is 4.60. The number of hydrogen-bond acceptors (Lipinski definition) is 3. The monoisotopic (exact) mass is 330 g/mol. The van der Waals surface area contributed by atoms with E-state index in [0.29, 0.717) is 0 Å². The van der Waals surface area contributed by atoms with Crippen molar-refractivity contribution in [3.63, 3.8) is 0 Å². The van der Waals surface area contributed by atoms with Crippen LogP contribution in [0.4, 0.5) is 0 Å². The van der Waals surface area contributed by atoms with Crippen LogP contribution in [0.5, 0.6) is 0 Å². The van der Waals surface area contributed by atoms with Crippen LogP contribution in [0.3, 0.4) is 0 Å². The smallest absolute Gasteiger partial charge is 0.0596 e. The number of aryl methyl sites for hydroxylation is 2. The van der Waals surface area contributed by atoms with Gasteiger partial charge in [-0.05, 0) is 39.4 Å². The van der Waals surface area contributed by atoms with Crippen LogP contribution in [0.15, 0.2) is 6.07 Å². The first kappa shape index (κ1) is 21.3. The number of rotatable bonds is 3. The Morgan fingerprint density at radius 2 is 1.84 bits per heavy atom. The second-order valence-corrected chi connectivity index (χ2v) is 4.60. The van der Waals surface area contributed by atoms with E-state index >= 15 is 0 Å². The zero-order valence-electron chi connectivity index (χ0n) is 11.6. The molecule has 1 aliphatic heterocycles. The van der Waals surface area contributed by atoms with E-state index in [4.69, 9.17) is 0 Å². The first-order chi connectivity index (χ1) is 7.75. The van der Waals surface area contributed by atoms with Gasteiger partial charge in [0.05, 0.1) is 12.2 Å². The molecule has 0 unspecified atom stereocenters. The van der Waals surface area contributed by atoms with E-state index in [-0.39, 0.29) is 37.2 Å². The number of nitrogens with one attached hydrogen (secondary N) is 1. The van der Waals surface area contributed by atoms with Gasteiger partial charge in [-0.15, -0.1) is 37.2 Å². The highest BCUT2D eigenvalue weighted by molar-refractivity contribution is 5.86. The van der Waals surface area contributed by atoms with Crippen LogP contribution in [0, 0.1) is 13.8 Å². The summed E-state index contributed by atoms with van der Waals surface area (Å²) in [5.74, 6) is 0. The fourth-order valence-corrected chi connectivity index (χ4v) is 2.26. The molecular weight excluding hydrogens is 307 g/mol. The molecule has 0 atom stereocenters. The topological polar surface area (TPSA) is 33.1 Å². The van der Waals surface area contributed by atoms with Gasteiger partial charge in [0.1, 0.15) is 0 Å². The first-order valence-electron chi connectivity index (χ1n) is 6.20. The predicted octanol–water partition coefficient (Wildman–Crippen LogP) is 2.06. The van der Waals surface area contributed by atoms with Crippen molar-refractivity contribution in [2.24, 2.45) is 0 Å². The molecule has 1 aromatic heterocycles. The van der Waals surface area contributed by atoms with Crippen molar-refractivity contribution >= 4 is 37.2 Å². The molecule has 0 radical (unpaired) electrons. The summed E-state index contributed by atoms with van der Waals surface area (Å²) in [6.45, 7) is 11.0. The van der Waals surface area contributed by atoms with Crippen molar-refractivity contribution in [2.75, 3.05) is 32.7 Å². The molecule has 0 spiro atoms. The Bertz CT molecular complexity index is 336. The van der Waals surface area contributed by atoms with Gasteiger partial charge in [-0.25, -0.2) is 0 Å². The molecule has 2 rings (SSSR count). The summed E-state index contributed by atoms with van der Waals surface area (Å²) in [6.07, 6.45) is 1.26. The number of halogens is 3. The molecule has 0 aromatic carbocycles. The molecule has 0 saturated carbocycles. The standard InChI is InChI=1S/C12H22N4.3ClH/c1-11-10-12(2)16(14-11)9-8-15-6-3-4-13-5-7-15;;;/h10,13H,3-9H2,1-2H3;3*1H. The maximum Gasteiger partial charge on any atom is 0.0596 e. The van der Waals surface area contributed by atoms with Gasteiger partial charge in [0.2, 0.25) is 0 Å². The summed E-state index contributed by atoms with van der Waals surface area (Å²) in [6, 6.07) is 2.14. The molecule has 2 heterocycles. The Hall–Kier alpha value is -0.000000000000000111. The molecule has 1 N–H and O–H groups in total. The van der Waals surface area contributed by atoms with Crippen LogP contribution < -0.4 is 5.32 Å². The fraction of sp³-hybridized carbons (Fsp3) is 0.750. The zero-order chi connectivity index (χ0) is 11.4. The average molecular weight is 332 g/mol. The van der Waals surface area contributed by atoms with Crippen molar-refractivity contribution in [3.8, 4) is 0 Å². The Labute approximate surface area is 134 Å². The maximum atomic E-state index is 4.49. The van der Waals surface area contributed by atoms with Gasteiger partial charge < -0.3 is 10.2 Å². The average Bonchev–Trinajstić information content (AvgIpc) is 2.48. The van der Waals surface area contributed by atoms with Crippen LogP contribution >= 0.6 is 37.2 Å². The summed E-state index contributed by atoms with van der Waals surface area (Å²) in [5, 5.41) is 7.92. The lowest BCUT2D eigenvalue weighted by atomic mass is 10.4. The molecular formula is C12H25Cl3N4. The highest BCUT2D eigenvalue weighted by Gasteiger charge is 2.09. The largest absolute Gasteiger partial charge is 0.315 e. The maximum absolute atomic E-state index is 4.49. The van der Waals surface area contributed by atoms with Crippen LogP contribution in [0.2, 0.25) is 0 Å². The number of hydrogen-bond donors (Lipinski definition) is 1. The third-order valence-corrected chi connectivity index (χ3v) is 3.16. The van der Waals surface area contributed by atoms with Crippen LogP contribution in [-0.2, 0) is 6.54 Å². The SMILES string of the molecule is Cc1cc(C)n(CCN2CCCNCC2)n1.Cl.Cl.Cl. The molecule has 0 amide bonds. The molecule has 1 aromatic rings. The Morgan fingerprint density at radius 3 is 2.47 bits per heavy atom. The molecule has 0 bridgehead atoms. The molecule has 7 heteroatoms. The fourth-order valence-electron chi connectivity index (χ4n) is 2.26. The lowest BCUT2D eigenvalue weighted by Gasteiger charge is -2.19. The summed E-state index contributed by atoms with van der Waals surface area (Å²) in [5.41, 5.74) is 2.39. The summed E-state index contributed by atoms with van der Waals surface area (Å²) in [7, 11) is 0. The van der Waals surface area contributed by atoms with Crippen molar-refractivity contribution in [1.82, 2.24) is 20.0 Å². The zero-order valence-corrected chi connectivity index (χ0v) is 14.0. The lowest BCUT2D eigenvalue weighted by molar-refractivity contribution is 0.274. The third-order valence-electron chi connectivity index (χ3n) is 3.16. The van der Waals surface area contributed by atoms with E-state index < -0.39 is 0 Å². The molecule has 0 aliphatic carbocycles. The Balaban J connectivity index is 0. The minimum Gasteiger partial charge on any atom is -0.315 e. The van der Waals surface area contributed by atoms with Crippen LogP contribution in [-0.4, -0.2) is 47.4 Å². The van der Waals surface area contributed by atoms with Gasteiger partial charge in [-0.2, -0.15) is 5.10 Å². The van der Waals surface area contributed by atoms with Gasteiger partial charge in [0, 0.05) is 25.3 Å². The summed E-state index contributed by atoms with van der Waals surface area (Å²) in [4.78, 5) is 2.52. The van der Waals surface area contributed by atoms with Crippen molar-refractivity contribution in [2.45, 2.75) is 26.8 Å². The molecule has 1 aliphatic rings. The van der Waals surface area contributed by atoms with Gasteiger partial charge in [-0.3, -0.25) is 4.68 Å². The Morgan fingerprint density at radius 1 is 1.11 bits per heavy atom. The molecule has 1 saturated heterocycles. The number of aromatic nitrogens is 2. The third kappa shape index (κ3) is 6.82. The quantitative estimate of drug-likeness (QED) is 0.920. The second kappa shape index (κ2) is 10.7. The minimum atomic E-state index is 0. The van der Waals surface area contributed by atoms with Crippen LogP contribution in [0.1, 0.15) is 17.8 Å². The van der Waals surface area contributed by atoms with Crippen molar-refractivity contribution in [1.29, 1.82) is 0 Å². The Kier molecular flexibility index (Phi) is 12.0. The van der Waals surface area contributed by atoms with Crippen molar-refractivity contribution < 1.29 is 0 Å². The van der Waals surface area contributed by atoms with Crippen molar-refractivity contribution in [3.05, 3.63) is 17.5 Å². The lowest BCUT2D eigenvalue weighted by Crippen LogP contribution is -2.31. The first-order valence-corrected chi connectivity index (χ1v) is 6.20. The highest BCUT2D eigenvalue weighted by Crippen LogP contribution is 2.03.